The van der Waals surface area contributed by atoms with Crippen molar-refractivity contribution < 1.29 is 0 Å². The minimum Gasteiger partial charge on any atom is -0.318 e. The fourth-order valence-corrected chi connectivity index (χ4v) is 2.52. The molecule has 80 valence electrons. The first kappa shape index (κ1) is 10.9. The zero-order valence-corrected chi connectivity index (χ0v) is 11.1. The lowest BCUT2D eigenvalue weighted by Gasteiger charge is -2.01. The number of nitrogens with zero attached hydrogens (tertiary/aromatic N) is 3. The predicted molar refractivity (Wildman–Crippen MR) is 65.3 cm³/mol. The molecule has 0 aliphatic heterocycles. The Balaban J connectivity index is 2.91. The van der Waals surface area contributed by atoms with Crippen molar-refractivity contribution in [2.75, 3.05) is 0 Å². The molecule has 0 saturated carbocycles. The molecule has 0 saturated heterocycles. The van der Waals surface area contributed by atoms with Crippen LogP contribution in [0.5, 0.6) is 0 Å². The first-order chi connectivity index (χ1) is 7.06. The number of aromatic nitrogens is 3. The maximum Gasteiger partial charge on any atom is 0.145 e. The van der Waals surface area contributed by atoms with Crippen LogP contribution >= 0.6 is 27.5 Å². The van der Waals surface area contributed by atoms with Gasteiger partial charge in [-0.3, -0.25) is 0 Å². The van der Waals surface area contributed by atoms with Gasteiger partial charge in [0.25, 0.3) is 0 Å². The van der Waals surface area contributed by atoms with E-state index in [1.165, 1.54) is 0 Å². The van der Waals surface area contributed by atoms with Crippen LogP contribution in [0.4, 0.5) is 0 Å². The number of halogens is 2. The molecule has 2 rings (SSSR count). The van der Waals surface area contributed by atoms with E-state index in [1.807, 2.05) is 25.5 Å². The van der Waals surface area contributed by atoms with Gasteiger partial charge in [-0.15, -0.1) is 0 Å². The Kier molecular flexibility index (Phi) is 2.73. The average Bonchev–Trinajstić information content (AvgIpc) is 2.44. The molecular weight excluding hydrogens is 277 g/mol. The summed E-state index contributed by atoms with van der Waals surface area (Å²) in [4.78, 5) is 8.90. The third kappa shape index (κ3) is 1.56. The zero-order valence-electron chi connectivity index (χ0n) is 8.80. The van der Waals surface area contributed by atoms with Gasteiger partial charge in [0.15, 0.2) is 0 Å². The lowest BCUT2D eigenvalue weighted by Crippen LogP contribution is -1.98. The lowest BCUT2D eigenvalue weighted by molar-refractivity contribution is 0.894. The van der Waals surface area contributed by atoms with E-state index < -0.39 is 0 Å². The van der Waals surface area contributed by atoms with Gasteiger partial charge >= 0.3 is 0 Å². The highest BCUT2D eigenvalue weighted by Crippen LogP contribution is 2.34. The van der Waals surface area contributed by atoms with Crippen molar-refractivity contribution in [1.82, 2.24) is 14.5 Å². The average molecular weight is 289 g/mol. The maximum absolute atomic E-state index is 6.14. The number of fused-ring (bicyclic) bond motifs is 1. The van der Waals surface area contributed by atoms with E-state index in [1.54, 1.807) is 0 Å². The molecule has 0 radical (unpaired) electrons. The van der Waals surface area contributed by atoms with Crippen LogP contribution in [-0.2, 0) is 13.5 Å². The van der Waals surface area contributed by atoms with Crippen molar-refractivity contribution in [2.45, 2.75) is 20.3 Å². The van der Waals surface area contributed by atoms with Crippen LogP contribution in [0.3, 0.4) is 0 Å². The molecular formula is C10H11BrClN3. The first-order valence-electron chi connectivity index (χ1n) is 4.73. The molecule has 0 aliphatic rings. The van der Waals surface area contributed by atoms with Gasteiger partial charge in [-0.1, -0.05) is 18.5 Å². The number of rotatable bonds is 1. The van der Waals surface area contributed by atoms with Gasteiger partial charge in [0.2, 0.25) is 0 Å². The summed E-state index contributed by atoms with van der Waals surface area (Å²) in [6.45, 7) is 4.02. The maximum atomic E-state index is 6.14. The summed E-state index contributed by atoms with van der Waals surface area (Å²) in [5.41, 5.74) is 1.85. The van der Waals surface area contributed by atoms with Crippen LogP contribution in [0, 0.1) is 6.92 Å². The highest BCUT2D eigenvalue weighted by atomic mass is 79.9. The minimum atomic E-state index is 0.663. The van der Waals surface area contributed by atoms with Crippen LogP contribution in [-0.4, -0.2) is 14.5 Å². The van der Waals surface area contributed by atoms with Crippen molar-refractivity contribution in [1.29, 1.82) is 0 Å². The first-order valence-corrected chi connectivity index (χ1v) is 5.90. The largest absolute Gasteiger partial charge is 0.318 e. The highest BCUT2D eigenvalue weighted by Gasteiger charge is 2.15. The third-order valence-electron chi connectivity index (χ3n) is 2.45. The van der Waals surface area contributed by atoms with Gasteiger partial charge in [-0.05, 0) is 22.9 Å². The van der Waals surface area contributed by atoms with Gasteiger partial charge < -0.3 is 4.57 Å². The summed E-state index contributed by atoms with van der Waals surface area (Å²) in [5.74, 6) is 0.852. The van der Waals surface area contributed by atoms with Crippen molar-refractivity contribution in [3.8, 4) is 0 Å². The quantitative estimate of drug-likeness (QED) is 0.806. The summed E-state index contributed by atoms with van der Waals surface area (Å²) in [5, 5.41) is 1.66. The second kappa shape index (κ2) is 3.76. The van der Waals surface area contributed by atoms with Crippen molar-refractivity contribution in [2.24, 2.45) is 7.05 Å². The molecule has 0 aromatic carbocycles. The van der Waals surface area contributed by atoms with Crippen LogP contribution in [0.2, 0.25) is 5.15 Å². The Labute approximate surface area is 102 Å². The molecule has 15 heavy (non-hydrogen) atoms. The summed E-state index contributed by atoms with van der Waals surface area (Å²) in [6.07, 6.45) is 0.831. The second-order valence-corrected chi connectivity index (χ2v) is 4.59. The van der Waals surface area contributed by atoms with E-state index in [0.29, 0.717) is 5.15 Å². The molecule has 0 N–H and O–H groups in total. The molecule has 5 heteroatoms. The lowest BCUT2D eigenvalue weighted by atomic mass is 10.3. The topological polar surface area (TPSA) is 30.7 Å². The monoisotopic (exact) mass is 287 g/mol. The summed E-state index contributed by atoms with van der Waals surface area (Å²) in [7, 11) is 1.90. The Bertz CT molecular complexity index is 533. The molecule has 0 spiro atoms. The smallest absolute Gasteiger partial charge is 0.145 e. The van der Waals surface area contributed by atoms with E-state index in [0.717, 1.165) is 33.4 Å². The van der Waals surface area contributed by atoms with Crippen LogP contribution < -0.4 is 0 Å². The SMILES string of the molecule is CCc1nc(C)c2c(Br)c(Cl)n(C)c2n1. The van der Waals surface area contributed by atoms with Gasteiger partial charge in [-0.25, -0.2) is 9.97 Å². The molecule has 2 aromatic rings. The van der Waals surface area contributed by atoms with E-state index in [-0.39, 0.29) is 0 Å². The van der Waals surface area contributed by atoms with Gasteiger partial charge in [-0.2, -0.15) is 0 Å². The van der Waals surface area contributed by atoms with Crippen molar-refractivity contribution in [3.05, 3.63) is 21.1 Å². The molecule has 0 aliphatic carbocycles. The summed E-state index contributed by atoms with van der Waals surface area (Å²) < 4.78 is 2.75. The second-order valence-electron chi connectivity index (χ2n) is 3.44. The summed E-state index contributed by atoms with van der Waals surface area (Å²) >= 11 is 9.60. The van der Waals surface area contributed by atoms with E-state index in [4.69, 9.17) is 11.6 Å². The predicted octanol–water partition coefficient (Wildman–Crippen LogP) is 3.26. The Hall–Kier alpha value is -0.610. The fraction of sp³-hybridized carbons (Fsp3) is 0.400. The molecule has 0 bridgehead atoms. The Morgan fingerprint density at radius 2 is 2.07 bits per heavy atom. The van der Waals surface area contributed by atoms with E-state index in [9.17, 15) is 0 Å². The summed E-state index contributed by atoms with van der Waals surface area (Å²) in [6, 6.07) is 0. The Morgan fingerprint density at radius 1 is 1.40 bits per heavy atom. The van der Waals surface area contributed by atoms with Crippen LogP contribution in [0.1, 0.15) is 18.4 Å². The standard InChI is InChI=1S/C10H11BrClN3/c1-4-6-13-5(2)7-8(11)9(12)15(3)10(7)14-6/h4H2,1-3H3. The molecule has 2 heterocycles. The minimum absolute atomic E-state index is 0.663. The zero-order chi connectivity index (χ0) is 11.2. The third-order valence-corrected chi connectivity index (χ3v) is 3.89. The van der Waals surface area contributed by atoms with Gasteiger partial charge in [0, 0.05) is 13.5 Å². The fourth-order valence-electron chi connectivity index (χ4n) is 1.62. The molecule has 2 aromatic heterocycles. The van der Waals surface area contributed by atoms with Crippen molar-refractivity contribution >= 4 is 38.6 Å². The van der Waals surface area contributed by atoms with E-state index in [2.05, 4.69) is 25.9 Å². The van der Waals surface area contributed by atoms with Gasteiger partial charge in [0.05, 0.1) is 15.6 Å². The number of aryl methyl sites for hydroxylation is 3. The molecule has 0 amide bonds. The van der Waals surface area contributed by atoms with Crippen LogP contribution in [0.25, 0.3) is 11.0 Å². The van der Waals surface area contributed by atoms with Crippen LogP contribution in [0.15, 0.2) is 4.47 Å². The molecule has 0 atom stereocenters. The molecule has 0 fully saturated rings. The van der Waals surface area contributed by atoms with Crippen molar-refractivity contribution in [3.63, 3.8) is 0 Å². The normalized spacial score (nSPS) is 11.3. The molecule has 3 nitrogen and oxygen atoms in total. The highest BCUT2D eigenvalue weighted by molar-refractivity contribution is 9.10. The Morgan fingerprint density at radius 3 is 2.67 bits per heavy atom. The van der Waals surface area contributed by atoms with Gasteiger partial charge in [0.1, 0.15) is 16.6 Å². The number of hydrogen-bond acceptors (Lipinski definition) is 2. The molecule has 0 unspecified atom stereocenters. The number of hydrogen-bond donors (Lipinski definition) is 0. The van der Waals surface area contributed by atoms with E-state index >= 15 is 0 Å².